The molecule has 2 heterocycles. The molecule has 0 radical (unpaired) electrons. The van der Waals surface area contributed by atoms with Gasteiger partial charge in [0.1, 0.15) is 17.5 Å². The van der Waals surface area contributed by atoms with Crippen LogP contribution < -0.4 is 4.90 Å². The predicted molar refractivity (Wildman–Crippen MR) is 121 cm³/mol. The minimum atomic E-state index is 0.498. The first-order valence-corrected chi connectivity index (χ1v) is 10.4. The summed E-state index contributed by atoms with van der Waals surface area (Å²) in [5.74, 6) is 0.791. The van der Waals surface area contributed by atoms with Gasteiger partial charge in [-0.1, -0.05) is 46.9 Å². The van der Waals surface area contributed by atoms with Crippen LogP contribution in [0.15, 0.2) is 48.8 Å². The number of fused-ring (bicyclic) bond motifs is 1. The van der Waals surface area contributed by atoms with E-state index in [4.69, 9.17) is 39.9 Å². The normalized spacial score (nSPS) is 11.2. The van der Waals surface area contributed by atoms with Gasteiger partial charge in [-0.25, -0.2) is 14.6 Å². The van der Waals surface area contributed by atoms with Crippen LogP contribution in [0.3, 0.4) is 0 Å². The number of halogens is 3. The molecule has 2 aromatic carbocycles. The molecule has 0 fully saturated rings. The lowest BCUT2D eigenvalue weighted by Gasteiger charge is -2.19. The van der Waals surface area contributed by atoms with Crippen molar-refractivity contribution >= 4 is 51.7 Å². The largest absolute Gasteiger partial charge is 0.355 e. The van der Waals surface area contributed by atoms with Crippen LogP contribution in [0.4, 0.5) is 5.82 Å². The van der Waals surface area contributed by atoms with Crippen molar-refractivity contribution in [3.63, 3.8) is 0 Å². The second kappa shape index (κ2) is 8.19. The smallest absolute Gasteiger partial charge is 0.160 e. The molecule has 0 aliphatic rings. The highest BCUT2D eigenvalue weighted by atomic mass is 35.5. The molecule has 0 aliphatic carbocycles. The van der Waals surface area contributed by atoms with E-state index in [0.717, 1.165) is 35.7 Å². The number of hydrogen-bond donors (Lipinski definition) is 0. The molecule has 0 bridgehead atoms. The molecule has 2 aromatic heterocycles. The number of aromatic nitrogens is 4. The number of nitrogens with zero attached hydrogens (tertiary/aromatic N) is 5. The summed E-state index contributed by atoms with van der Waals surface area (Å²) in [4.78, 5) is 11.2. The molecular formula is C21H18Cl3N5. The van der Waals surface area contributed by atoms with Crippen molar-refractivity contribution in [2.24, 2.45) is 0 Å². The van der Waals surface area contributed by atoms with Gasteiger partial charge in [-0.05, 0) is 44.2 Å². The molecule has 148 valence electrons. The Labute approximate surface area is 183 Å². The Bertz CT molecular complexity index is 1170. The average Bonchev–Trinajstić information content (AvgIpc) is 3.09. The highest BCUT2D eigenvalue weighted by Crippen LogP contribution is 2.36. The van der Waals surface area contributed by atoms with Gasteiger partial charge in [0.15, 0.2) is 11.3 Å². The quantitative estimate of drug-likeness (QED) is 0.361. The summed E-state index contributed by atoms with van der Waals surface area (Å²) in [6.07, 6.45) is 1.57. The lowest BCUT2D eigenvalue weighted by molar-refractivity contribution is 0.841. The Hall–Kier alpha value is -2.34. The SMILES string of the molecule is CCN(CC)c1ncnc2c(-c3ccc(Cl)cc3)n(-c3ccc(Cl)cc3Cl)nc12. The third-order valence-electron chi connectivity index (χ3n) is 4.76. The molecule has 4 rings (SSSR count). The Morgan fingerprint density at radius 2 is 1.55 bits per heavy atom. The first-order chi connectivity index (χ1) is 14.0. The van der Waals surface area contributed by atoms with Crippen molar-refractivity contribution in [3.8, 4) is 16.9 Å². The Morgan fingerprint density at radius 1 is 0.862 bits per heavy atom. The van der Waals surface area contributed by atoms with Crippen LogP contribution in [0, 0.1) is 0 Å². The van der Waals surface area contributed by atoms with Crippen molar-refractivity contribution in [2.45, 2.75) is 13.8 Å². The summed E-state index contributed by atoms with van der Waals surface area (Å²) in [5.41, 5.74) is 3.91. The number of rotatable bonds is 5. The molecule has 0 unspecified atom stereocenters. The van der Waals surface area contributed by atoms with Gasteiger partial charge in [0, 0.05) is 28.7 Å². The average molecular weight is 447 g/mol. The fraction of sp³-hybridized carbons (Fsp3) is 0.190. The molecule has 29 heavy (non-hydrogen) atoms. The van der Waals surface area contributed by atoms with Crippen LogP contribution in [0.25, 0.3) is 28.0 Å². The fourth-order valence-electron chi connectivity index (χ4n) is 3.33. The molecule has 0 atom stereocenters. The zero-order valence-corrected chi connectivity index (χ0v) is 18.2. The molecule has 0 aliphatic heterocycles. The topological polar surface area (TPSA) is 46.8 Å². The summed E-state index contributed by atoms with van der Waals surface area (Å²) < 4.78 is 1.80. The minimum Gasteiger partial charge on any atom is -0.355 e. The molecule has 0 spiro atoms. The maximum atomic E-state index is 6.52. The first kappa shape index (κ1) is 20.0. The second-order valence-corrected chi connectivity index (χ2v) is 7.71. The second-order valence-electron chi connectivity index (χ2n) is 6.43. The summed E-state index contributed by atoms with van der Waals surface area (Å²) in [6, 6.07) is 12.9. The van der Waals surface area contributed by atoms with E-state index < -0.39 is 0 Å². The van der Waals surface area contributed by atoms with Gasteiger partial charge in [-0.15, -0.1) is 0 Å². The van der Waals surface area contributed by atoms with Gasteiger partial charge in [0.2, 0.25) is 0 Å². The van der Waals surface area contributed by atoms with E-state index in [2.05, 4.69) is 28.7 Å². The molecular weight excluding hydrogens is 429 g/mol. The van der Waals surface area contributed by atoms with E-state index in [1.54, 1.807) is 23.1 Å². The third kappa shape index (κ3) is 3.66. The highest BCUT2D eigenvalue weighted by molar-refractivity contribution is 6.35. The summed E-state index contributed by atoms with van der Waals surface area (Å²) >= 11 is 18.7. The van der Waals surface area contributed by atoms with Gasteiger partial charge < -0.3 is 4.90 Å². The lowest BCUT2D eigenvalue weighted by Crippen LogP contribution is -2.23. The van der Waals surface area contributed by atoms with Gasteiger partial charge in [0.25, 0.3) is 0 Å². The van der Waals surface area contributed by atoms with Crippen LogP contribution in [-0.4, -0.2) is 32.8 Å². The summed E-state index contributed by atoms with van der Waals surface area (Å²) in [6.45, 7) is 5.80. The molecule has 0 saturated carbocycles. The van der Waals surface area contributed by atoms with Crippen LogP contribution >= 0.6 is 34.8 Å². The van der Waals surface area contributed by atoms with Crippen molar-refractivity contribution in [1.29, 1.82) is 0 Å². The summed E-state index contributed by atoms with van der Waals surface area (Å²) in [7, 11) is 0. The molecule has 8 heteroatoms. The Balaban J connectivity index is 2.06. The standard InChI is InChI=1S/C21H18Cl3N5/c1-3-28(4-2)21-19-18(25-12-26-21)20(13-5-7-14(22)8-6-13)29(27-19)17-10-9-15(23)11-16(17)24/h5-12H,3-4H2,1-2H3. The van der Waals surface area contributed by atoms with Crippen LogP contribution in [0.5, 0.6) is 0 Å². The molecule has 0 amide bonds. The van der Waals surface area contributed by atoms with Gasteiger partial charge in [-0.3, -0.25) is 0 Å². The van der Waals surface area contributed by atoms with Crippen molar-refractivity contribution < 1.29 is 0 Å². The maximum Gasteiger partial charge on any atom is 0.160 e. The van der Waals surface area contributed by atoms with Crippen LogP contribution in [-0.2, 0) is 0 Å². The number of benzene rings is 2. The monoisotopic (exact) mass is 445 g/mol. The molecule has 4 aromatic rings. The van der Waals surface area contributed by atoms with E-state index in [1.807, 2.05) is 30.3 Å². The number of anilines is 1. The first-order valence-electron chi connectivity index (χ1n) is 9.23. The number of hydrogen-bond acceptors (Lipinski definition) is 4. The Morgan fingerprint density at radius 3 is 2.21 bits per heavy atom. The van der Waals surface area contributed by atoms with Crippen LogP contribution in [0.1, 0.15) is 13.8 Å². The van der Waals surface area contributed by atoms with E-state index in [9.17, 15) is 0 Å². The van der Waals surface area contributed by atoms with E-state index in [0.29, 0.717) is 26.3 Å². The molecule has 0 N–H and O–H groups in total. The third-order valence-corrected chi connectivity index (χ3v) is 5.55. The van der Waals surface area contributed by atoms with Gasteiger partial charge in [0.05, 0.1) is 10.7 Å². The zero-order chi connectivity index (χ0) is 20.5. The Kier molecular flexibility index (Phi) is 5.63. The van der Waals surface area contributed by atoms with Gasteiger partial charge in [-0.2, -0.15) is 5.10 Å². The van der Waals surface area contributed by atoms with Gasteiger partial charge >= 0.3 is 0 Å². The predicted octanol–water partition coefficient (Wildman–Crippen LogP) is 6.29. The highest BCUT2D eigenvalue weighted by Gasteiger charge is 2.22. The summed E-state index contributed by atoms with van der Waals surface area (Å²) in [5, 5.41) is 6.60. The fourth-order valence-corrected chi connectivity index (χ4v) is 3.95. The van der Waals surface area contributed by atoms with Crippen molar-refractivity contribution in [3.05, 3.63) is 63.9 Å². The minimum absolute atomic E-state index is 0.498. The van der Waals surface area contributed by atoms with Crippen molar-refractivity contribution in [1.82, 2.24) is 19.7 Å². The van der Waals surface area contributed by atoms with E-state index in [-0.39, 0.29) is 0 Å². The van der Waals surface area contributed by atoms with E-state index in [1.165, 1.54) is 0 Å². The lowest BCUT2D eigenvalue weighted by atomic mass is 10.1. The van der Waals surface area contributed by atoms with Crippen LogP contribution in [0.2, 0.25) is 15.1 Å². The molecule has 5 nitrogen and oxygen atoms in total. The zero-order valence-electron chi connectivity index (χ0n) is 15.9. The van der Waals surface area contributed by atoms with E-state index >= 15 is 0 Å². The maximum absolute atomic E-state index is 6.52. The van der Waals surface area contributed by atoms with Crippen molar-refractivity contribution in [2.75, 3.05) is 18.0 Å². The molecule has 0 saturated heterocycles.